The number of halogens is 2. The van der Waals surface area contributed by atoms with Gasteiger partial charge in [0.05, 0.1) is 22.1 Å². The lowest BCUT2D eigenvalue weighted by atomic mass is 10.1. The number of amides is 1. The van der Waals surface area contributed by atoms with Gasteiger partial charge in [-0.25, -0.2) is 9.37 Å². The number of hydrogen-bond donors (Lipinski definition) is 3. The van der Waals surface area contributed by atoms with Crippen molar-refractivity contribution >= 4 is 58.3 Å². The smallest absolute Gasteiger partial charge is 0.247 e. The molecule has 188 valence electrons. The van der Waals surface area contributed by atoms with Crippen molar-refractivity contribution in [3.63, 3.8) is 0 Å². The summed E-state index contributed by atoms with van der Waals surface area (Å²) in [5, 5.41) is 8.84. The minimum Gasteiger partial charge on any atom is -0.372 e. The summed E-state index contributed by atoms with van der Waals surface area (Å²) in [7, 11) is 5.81. The first-order valence-electron chi connectivity index (χ1n) is 10.9. The maximum atomic E-state index is 13.4. The average molecular weight is 512 g/mol. The molecule has 1 amide bonds. The van der Waals surface area contributed by atoms with E-state index < -0.39 is 5.82 Å². The molecule has 0 atom stereocenters. The van der Waals surface area contributed by atoms with E-state index >= 15 is 0 Å². The monoisotopic (exact) mass is 511 g/mol. The highest BCUT2D eigenvalue weighted by Gasteiger charge is 2.16. The van der Waals surface area contributed by atoms with Crippen molar-refractivity contribution in [2.75, 3.05) is 55.1 Å². The van der Waals surface area contributed by atoms with Crippen LogP contribution in [0.15, 0.2) is 55.3 Å². The number of anilines is 6. The summed E-state index contributed by atoms with van der Waals surface area (Å²) < 4.78 is 13.4. The maximum absolute atomic E-state index is 13.4. The van der Waals surface area contributed by atoms with Crippen molar-refractivity contribution in [2.24, 2.45) is 0 Å². The van der Waals surface area contributed by atoms with E-state index in [0.717, 1.165) is 6.54 Å². The third-order valence-corrected chi connectivity index (χ3v) is 5.42. The van der Waals surface area contributed by atoms with Gasteiger partial charge in [-0.1, -0.05) is 18.2 Å². The van der Waals surface area contributed by atoms with E-state index in [2.05, 4.69) is 32.5 Å². The van der Waals surface area contributed by atoms with Crippen LogP contribution in [0, 0.1) is 5.82 Å². The Bertz CT molecular complexity index is 1270. The zero-order chi connectivity index (χ0) is 26.2. The zero-order valence-corrected chi connectivity index (χ0v) is 20.9. The van der Waals surface area contributed by atoms with Gasteiger partial charge in [-0.3, -0.25) is 9.59 Å². The van der Waals surface area contributed by atoms with E-state index in [9.17, 15) is 14.0 Å². The molecule has 3 rings (SSSR count). The normalized spacial score (nSPS) is 10.6. The minimum absolute atomic E-state index is 0.0206. The van der Waals surface area contributed by atoms with Crippen molar-refractivity contribution in [1.82, 2.24) is 14.9 Å². The SMILES string of the molecule is C=CC(=O)Nc1cc(Nc2nccc(Nc3ccc(F)c(Cl)c3)n2)c(C=O)cc1N(C)CCN(C)C. The molecule has 0 saturated carbocycles. The second-order valence-electron chi connectivity index (χ2n) is 8.14. The molecule has 11 heteroatoms. The highest BCUT2D eigenvalue weighted by atomic mass is 35.5. The summed E-state index contributed by atoms with van der Waals surface area (Å²) in [5.74, 6) is -0.291. The van der Waals surface area contributed by atoms with E-state index in [0.29, 0.717) is 47.0 Å². The number of aldehydes is 1. The van der Waals surface area contributed by atoms with E-state index in [1.165, 1.54) is 30.5 Å². The van der Waals surface area contributed by atoms with Crippen LogP contribution in [0.2, 0.25) is 5.02 Å². The van der Waals surface area contributed by atoms with Crippen LogP contribution in [-0.4, -0.2) is 61.3 Å². The van der Waals surface area contributed by atoms with Gasteiger partial charge >= 0.3 is 0 Å². The molecule has 0 fully saturated rings. The van der Waals surface area contributed by atoms with Gasteiger partial charge in [-0.05, 0) is 56.6 Å². The molecular weight excluding hydrogens is 485 g/mol. The Labute approximate surface area is 214 Å². The Morgan fingerprint density at radius 3 is 2.56 bits per heavy atom. The van der Waals surface area contributed by atoms with Crippen molar-refractivity contribution < 1.29 is 14.0 Å². The summed E-state index contributed by atoms with van der Waals surface area (Å²) >= 11 is 5.85. The molecule has 0 aliphatic rings. The van der Waals surface area contributed by atoms with Crippen LogP contribution in [-0.2, 0) is 4.79 Å². The van der Waals surface area contributed by atoms with Crippen molar-refractivity contribution in [3.8, 4) is 0 Å². The topological polar surface area (TPSA) is 102 Å². The zero-order valence-electron chi connectivity index (χ0n) is 20.2. The predicted octanol–water partition coefficient (Wildman–Crippen LogP) is 4.69. The van der Waals surface area contributed by atoms with Crippen LogP contribution >= 0.6 is 11.6 Å². The van der Waals surface area contributed by atoms with Gasteiger partial charge in [0.1, 0.15) is 11.6 Å². The molecule has 0 saturated heterocycles. The highest BCUT2D eigenvalue weighted by Crippen LogP contribution is 2.33. The first-order valence-corrected chi connectivity index (χ1v) is 11.3. The molecule has 0 aliphatic carbocycles. The van der Waals surface area contributed by atoms with Crippen LogP contribution in [0.5, 0.6) is 0 Å². The van der Waals surface area contributed by atoms with Gasteiger partial charge in [-0.2, -0.15) is 4.98 Å². The first kappa shape index (κ1) is 26.6. The third-order valence-electron chi connectivity index (χ3n) is 5.13. The summed E-state index contributed by atoms with van der Waals surface area (Å²) in [6.07, 6.45) is 3.41. The Balaban J connectivity index is 1.91. The van der Waals surface area contributed by atoms with Crippen LogP contribution < -0.4 is 20.9 Å². The van der Waals surface area contributed by atoms with Gasteiger partial charge < -0.3 is 25.8 Å². The molecule has 0 bridgehead atoms. The number of rotatable bonds is 11. The first-order chi connectivity index (χ1) is 17.2. The quantitative estimate of drug-likeness (QED) is 0.252. The molecule has 2 aromatic carbocycles. The van der Waals surface area contributed by atoms with Crippen LogP contribution in [0.3, 0.4) is 0 Å². The lowest BCUT2D eigenvalue weighted by Gasteiger charge is -2.25. The molecule has 1 aromatic heterocycles. The van der Waals surface area contributed by atoms with Crippen LogP contribution in [0.4, 0.5) is 38.9 Å². The molecule has 1 heterocycles. The second kappa shape index (κ2) is 12.1. The molecule has 36 heavy (non-hydrogen) atoms. The lowest BCUT2D eigenvalue weighted by Crippen LogP contribution is -2.29. The van der Waals surface area contributed by atoms with E-state index in [-0.39, 0.29) is 16.9 Å². The Morgan fingerprint density at radius 2 is 1.89 bits per heavy atom. The van der Waals surface area contributed by atoms with Crippen molar-refractivity contribution in [2.45, 2.75) is 0 Å². The molecule has 0 radical (unpaired) electrons. The number of likely N-dealkylation sites (N-methyl/N-ethyl adjacent to an activating group) is 2. The van der Waals surface area contributed by atoms with Gasteiger partial charge in [0.25, 0.3) is 0 Å². The Morgan fingerprint density at radius 1 is 1.11 bits per heavy atom. The predicted molar refractivity (Wildman–Crippen MR) is 142 cm³/mol. The van der Waals surface area contributed by atoms with Gasteiger partial charge in [0.15, 0.2) is 6.29 Å². The van der Waals surface area contributed by atoms with Gasteiger partial charge in [0, 0.05) is 37.6 Å². The number of hydrogen-bond acceptors (Lipinski definition) is 8. The Hall–Kier alpha value is -4.02. The van der Waals surface area contributed by atoms with Gasteiger partial charge in [-0.15, -0.1) is 0 Å². The van der Waals surface area contributed by atoms with Crippen molar-refractivity contribution in [3.05, 3.63) is 71.7 Å². The number of nitrogens with zero attached hydrogens (tertiary/aromatic N) is 4. The molecule has 9 nitrogen and oxygen atoms in total. The maximum Gasteiger partial charge on any atom is 0.247 e. The van der Waals surface area contributed by atoms with Crippen LogP contribution in [0.25, 0.3) is 0 Å². The summed E-state index contributed by atoms with van der Waals surface area (Å²) in [5.41, 5.74) is 2.45. The molecule has 0 unspecified atom stereocenters. The summed E-state index contributed by atoms with van der Waals surface area (Å²) in [6, 6.07) is 9.18. The minimum atomic E-state index is -0.524. The largest absolute Gasteiger partial charge is 0.372 e. The molecular formula is C25H27ClFN7O2. The molecule has 3 N–H and O–H groups in total. The second-order valence-corrected chi connectivity index (χ2v) is 8.54. The summed E-state index contributed by atoms with van der Waals surface area (Å²) in [6.45, 7) is 4.95. The highest BCUT2D eigenvalue weighted by molar-refractivity contribution is 6.31. The fourth-order valence-corrected chi connectivity index (χ4v) is 3.39. The lowest BCUT2D eigenvalue weighted by molar-refractivity contribution is -0.111. The molecule has 0 spiro atoms. The number of carbonyl (C=O) groups is 2. The fourth-order valence-electron chi connectivity index (χ4n) is 3.21. The number of carbonyl (C=O) groups excluding carboxylic acids is 2. The standard InChI is InChI=1S/C25H27ClFN7O2/c1-5-24(36)30-21-14-20(16(15-35)12-22(21)34(4)11-10-33(2)3)31-25-28-9-8-23(32-25)29-17-6-7-19(27)18(26)13-17/h5-9,12-15H,1,10-11H2,2-4H3,(H,30,36)(H2,28,29,31,32). The fraction of sp³-hybridized carbons (Fsp3) is 0.200. The Kier molecular flexibility index (Phi) is 8.93. The number of aromatic nitrogens is 2. The van der Waals surface area contributed by atoms with E-state index in [1.807, 2.05) is 30.9 Å². The average Bonchev–Trinajstić information content (AvgIpc) is 2.85. The third kappa shape index (κ3) is 7.00. The molecule has 0 aliphatic heterocycles. The van der Waals surface area contributed by atoms with Crippen LogP contribution in [0.1, 0.15) is 10.4 Å². The number of benzene rings is 2. The summed E-state index contributed by atoms with van der Waals surface area (Å²) in [4.78, 5) is 36.6. The number of nitrogens with one attached hydrogen (secondary N) is 3. The molecule has 3 aromatic rings. The van der Waals surface area contributed by atoms with E-state index in [1.54, 1.807) is 18.2 Å². The van der Waals surface area contributed by atoms with E-state index in [4.69, 9.17) is 11.6 Å². The van der Waals surface area contributed by atoms with Gasteiger partial charge in [0.2, 0.25) is 11.9 Å². The van der Waals surface area contributed by atoms with Crippen molar-refractivity contribution in [1.29, 1.82) is 0 Å².